The van der Waals surface area contributed by atoms with E-state index in [-0.39, 0.29) is 13.1 Å². The van der Waals surface area contributed by atoms with Crippen LogP contribution in [-0.2, 0) is 11.2 Å². The molecule has 5 nitrogen and oxygen atoms in total. The number of benzene rings is 1. The van der Waals surface area contributed by atoms with E-state index in [1.807, 2.05) is 19.1 Å². The summed E-state index contributed by atoms with van der Waals surface area (Å²) in [7, 11) is 0. The average Bonchev–Trinajstić information content (AvgIpc) is 2.38. The molecule has 2 amide bonds. The van der Waals surface area contributed by atoms with Crippen molar-refractivity contribution >= 4 is 17.7 Å². The molecule has 0 fully saturated rings. The molecule has 0 saturated heterocycles. The summed E-state index contributed by atoms with van der Waals surface area (Å²) in [6, 6.07) is 6.98. The third-order valence-corrected chi connectivity index (χ3v) is 2.58. The topological polar surface area (TPSA) is 69.6 Å². The smallest absolute Gasteiger partial charge is 0.323 e. The first-order valence-corrected chi connectivity index (χ1v) is 6.04. The van der Waals surface area contributed by atoms with Crippen LogP contribution in [0, 0.1) is 0 Å². The molecule has 0 aliphatic carbocycles. The summed E-state index contributed by atoms with van der Waals surface area (Å²) in [5, 5.41) is 11.4. The Morgan fingerprint density at radius 1 is 1.37 bits per heavy atom. The van der Waals surface area contributed by atoms with Crippen LogP contribution in [0.4, 0.5) is 10.5 Å². The molecule has 0 unspecified atom stereocenters. The van der Waals surface area contributed by atoms with Gasteiger partial charge < -0.3 is 15.3 Å². The van der Waals surface area contributed by atoms with Crippen molar-refractivity contribution in [1.29, 1.82) is 0 Å². The molecule has 5 heteroatoms. The van der Waals surface area contributed by atoms with Crippen molar-refractivity contribution in [3.05, 3.63) is 42.5 Å². The molecule has 0 aromatic heterocycles. The van der Waals surface area contributed by atoms with Gasteiger partial charge in [0.1, 0.15) is 6.54 Å². The Labute approximate surface area is 112 Å². The molecule has 1 aromatic rings. The van der Waals surface area contributed by atoms with E-state index in [1.54, 1.807) is 12.1 Å². The van der Waals surface area contributed by atoms with Gasteiger partial charge in [0.05, 0.1) is 0 Å². The molecule has 0 atom stereocenters. The van der Waals surface area contributed by atoms with Crippen LogP contribution >= 0.6 is 0 Å². The molecule has 1 aromatic carbocycles. The van der Waals surface area contributed by atoms with Gasteiger partial charge in [-0.3, -0.25) is 4.79 Å². The van der Waals surface area contributed by atoms with Gasteiger partial charge >= 0.3 is 12.0 Å². The van der Waals surface area contributed by atoms with Crippen LogP contribution in [0.2, 0.25) is 0 Å². The Bertz CT molecular complexity index is 454. The molecule has 0 aliphatic heterocycles. The fourth-order valence-electron chi connectivity index (χ4n) is 1.56. The van der Waals surface area contributed by atoms with Crippen molar-refractivity contribution in [1.82, 2.24) is 4.90 Å². The van der Waals surface area contributed by atoms with Crippen LogP contribution in [-0.4, -0.2) is 35.1 Å². The Morgan fingerprint density at radius 2 is 2.00 bits per heavy atom. The Balaban J connectivity index is 2.68. The van der Waals surface area contributed by atoms with Gasteiger partial charge in [0, 0.05) is 12.2 Å². The van der Waals surface area contributed by atoms with Gasteiger partial charge in [-0.1, -0.05) is 25.1 Å². The number of aryl methyl sites for hydroxylation is 1. The lowest BCUT2D eigenvalue weighted by Crippen LogP contribution is -2.38. The molecule has 0 saturated carbocycles. The van der Waals surface area contributed by atoms with Gasteiger partial charge in [0.15, 0.2) is 0 Å². The number of nitrogens with zero attached hydrogens (tertiary/aromatic N) is 1. The Morgan fingerprint density at radius 3 is 2.47 bits per heavy atom. The van der Waals surface area contributed by atoms with Gasteiger partial charge in [-0.25, -0.2) is 4.79 Å². The standard InChI is InChI=1S/C14H18N2O3/c1-3-9-16(10-13(17)18)14(19)15-12-7-5-11(4-2)6-8-12/h3,5-8H,1,4,9-10H2,2H3,(H,15,19)(H,17,18). The first-order valence-electron chi connectivity index (χ1n) is 6.04. The van der Waals surface area contributed by atoms with Gasteiger partial charge in [-0.2, -0.15) is 0 Å². The maximum absolute atomic E-state index is 11.9. The van der Waals surface area contributed by atoms with Crippen molar-refractivity contribution in [3.8, 4) is 0 Å². The minimum Gasteiger partial charge on any atom is -0.480 e. The number of amides is 2. The predicted molar refractivity (Wildman–Crippen MR) is 74.2 cm³/mol. The normalized spacial score (nSPS) is 9.74. The monoisotopic (exact) mass is 262 g/mol. The van der Waals surface area contributed by atoms with E-state index in [9.17, 15) is 9.59 Å². The Kier molecular flexibility index (Phi) is 5.60. The number of hydrogen-bond acceptors (Lipinski definition) is 2. The van der Waals surface area contributed by atoms with Crippen LogP contribution in [0.3, 0.4) is 0 Å². The van der Waals surface area contributed by atoms with Crippen molar-refractivity contribution in [2.45, 2.75) is 13.3 Å². The lowest BCUT2D eigenvalue weighted by atomic mass is 10.1. The molecular formula is C14H18N2O3. The number of carboxylic acid groups (broad SMARTS) is 1. The van der Waals surface area contributed by atoms with Crippen LogP contribution in [0.5, 0.6) is 0 Å². The van der Waals surface area contributed by atoms with E-state index in [1.165, 1.54) is 16.5 Å². The third kappa shape index (κ3) is 4.83. The highest BCUT2D eigenvalue weighted by atomic mass is 16.4. The maximum atomic E-state index is 11.9. The highest BCUT2D eigenvalue weighted by Gasteiger charge is 2.15. The lowest BCUT2D eigenvalue weighted by Gasteiger charge is -2.19. The van der Waals surface area contributed by atoms with E-state index in [0.29, 0.717) is 5.69 Å². The summed E-state index contributed by atoms with van der Waals surface area (Å²) < 4.78 is 0. The third-order valence-electron chi connectivity index (χ3n) is 2.58. The molecule has 19 heavy (non-hydrogen) atoms. The number of urea groups is 1. The highest BCUT2D eigenvalue weighted by Crippen LogP contribution is 2.10. The van der Waals surface area contributed by atoms with Crippen LogP contribution in [0.25, 0.3) is 0 Å². The largest absolute Gasteiger partial charge is 0.480 e. The second-order valence-electron chi connectivity index (χ2n) is 4.04. The van der Waals surface area contributed by atoms with E-state index in [2.05, 4.69) is 11.9 Å². The van der Waals surface area contributed by atoms with Gasteiger partial charge in [-0.15, -0.1) is 6.58 Å². The number of nitrogens with one attached hydrogen (secondary N) is 1. The molecule has 1 rings (SSSR count). The zero-order valence-electron chi connectivity index (χ0n) is 10.9. The molecule has 0 radical (unpaired) electrons. The minimum absolute atomic E-state index is 0.186. The number of aliphatic carboxylic acids is 1. The van der Waals surface area contributed by atoms with Crippen LogP contribution in [0.15, 0.2) is 36.9 Å². The van der Waals surface area contributed by atoms with Crippen LogP contribution < -0.4 is 5.32 Å². The summed E-state index contributed by atoms with van der Waals surface area (Å²) in [5.41, 5.74) is 1.81. The predicted octanol–water partition coefficient (Wildman–Crippen LogP) is 2.35. The van der Waals surface area contributed by atoms with Crippen molar-refractivity contribution in [2.24, 2.45) is 0 Å². The van der Waals surface area contributed by atoms with Crippen molar-refractivity contribution in [3.63, 3.8) is 0 Å². The van der Waals surface area contributed by atoms with Crippen molar-refractivity contribution < 1.29 is 14.7 Å². The lowest BCUT2D eigenvalue weighted by molar-refractivity contribution is -0.137. The summed E-state index contributed by atoms with van der Waals surface area (Å²) in [4.78, 5) is 23.7. The fourth-order valence-corrected chi connectivity index (χ4v) is 1.56. The molecule has 0 aliphatic rings. The SMILES string of the molecule is C=CCN(CC(=O)O)C(=O)Nc1ccc(CC)cc1. The molecule has 0 spiro atoms. The number of carbonyl (C=O) groups excluding carboxylic acids is 1. The van der Waals surface area contributed by atoms with E-state index < -0.39 is 12.0 Å². The van der Waals surface area contributed by atoms with Gasteiger partial charge in [-0.05, 0) is 24.1 Å². The number of carbonyl (C=O) groups is 2. The molecular weight excluding hydrogens is 244 g/mol. The number of carboxylic acids is 1. The van der Waals surface area contributed by atoms with E-state index in [0.717, 1.165) is 6.42 Å². The number of rotatable bonds is 6. The molecule has 102 valence electrons. The Hall–Kier alpha value is -2.30. The number of hydrogen-bond donors (Lipinski definition) is 2. The second kappa shape index (κ2) is 7.20. The summed E-state index contributed by atoms with van der Waals surface area (Å²) in [6.07, 6.45) is 2.42. The zero-order valence-corrected chi connectivity index (χ0v) is 10.9. The summed E-state index contributed by atoms with van der Waals surface area (Å²) >= 11 is 0. The second-order valence-corrected chi connectivity index (χ2v) is 4.04. The average molecular weight is 262 g/mol. The quantitative estimate of drug-likeness (QED) is 0.773. The highest BCUT2D eigenvalue weighted by molar-refractivity contribution is 5.91. The van der Waals surface area contributed by atoms with E-state index in [4.69, 9.17) is 5.11 Å². The van der Waals surface area contributed by atoms with Gasteiger partial charge in [0.25, 0.3) is 0 Å². The minimum atomic E-state index is -1.06. The van der Waals surface area contributed by atoms with Gasteiger partial charge in [0.2, 0.25) is 0 Å². The van der Waals surface area contributed by atoms with E-state index >= 15 is 0 Å². The molecule has 0 heterocycles. The van der Waals surface area contributed by atoms with Crippen molar-refractivity contribution in [2.75, 3.05) is 18.4 Å². The number of anilines is 1. The molecule has 2 N–H and O–H groups in total. The fraction of sp³-hybridized carbons (Fsp3) is 0.286. The summed E-state index contributed by atoms with van der Waals surface area (Å²) in [6.45, 7) is 5.38. The first-order chi connectivity index (χ1) is 9.06. The first kappa shape index (κ1) is 14.8. The summed E-state index contributed by atoms with van der Waals surface area (Å²) in [5.74, 6) is -1.06. The van der Waals surface area contributed by atoms with Crippen LogP contribution in [0.1, 0.15) is 12.5 Å². The zero-order chi connectivity index (χ0) is 14.3. The maximum Gasteiger partial charge on any atom is 0.323 e. The molecule has 0 bridgehead atoms.